The Morgan fingerprint density at radius 1 is 0.909 bits per heavy atom. The number of thiol groups is 1. The van der Waals surface area contributed by atoms with Crippen LogP contribution in [0.15, 0.2) is 30.3 Å². The van der Waals surface area contributed by atoms with Crippen molar-refractivity contribution in [3.05, 3.63) is 35.9 Å². The van der Waals surface area contributed by atoms with Gasteiger partial charge in [-0.25, -0.2) is 4.79 Å². The van der Waals surface area contributed by atoms with Crippen molar-refractivity contribution >= 4 is 36.3 Å². The largest absolute Gasteiger partial charge is 0.480 e. The van der Waals surface area contributed by atoms with Crippen molar-refractivity contribution in [3.63, 3.8) is 0 Å². The lowest BCUT2D eigenvalue weighted by molar-refractivity contribution is -0.142. The summed E-state index contributed by atoms with van der Waals surface area (Å²) in [5.41, 5.74) is 6.45. The highest BCUT2D eigenvalue weighted by molar-refractivity contribution is 7.80. The maximum absolute atomic E-state index is 13.0. The van der Waals surface area contributed by atoms with E-state index in [1.165, 1.54) is 0 Å². The first-order chi connectivity index (χ1) is 15.5. The quantitative estimate of drug-likeness (QED) is 0.229. The van der Waals surface area contributed by atoms with E-state index in [1.54, 1.807) is 38.1 Å². The fraction of sp³-hybridized carbons (Fsp3) is 0.565. The van der Waals surface area contributed by atoms with Gasteiger partial charge in [-0.2, -0.15) is 12.6 Å². The summed E-state index contributed by atoms with van der Waals surface area (Å²) in [6.07, 6.45) is 0.403. The summed E-state index contributed by atoms with van der Waals surface area (Å²) in [5.74, 6) is -2.93. The van der Waals surface area contributed by atoms with Crippen LogP contribution >= 0.6 is 12.6 Å². The van der Waals surface area contributed by atoms with E-state index in [2.05, 4.69) is 28.6 Å². The van der Waals surface area contributed by atoms with Crippen molar-refractivity contribution in [2.24, 2.45) is 17.6 Å². The predicted octanol–water partition coefficient (Wildman–Crippen LogP) is 0.727. The first kappa shape index (κ1) is 28.4. The predicted molar refractivity (Wildman–Crippen MR) is 130 cm³/mol. The lowest BCUT2D eigenvalue weighted by Crippen LogP contribution is -2.58. The van der Waals surface area contributed by atoms with Gasteiger partial charge in [-0.05, 0) is 23.8 Å². The van der Waals surface area contributed by atoms with Crippen LogP contribution in [0.25, 0.3) is 0 Å². The van der Waals surface area contributed by atoms with Crippen molar-refractivity contribution in [3.8, 4) is 0 Å². The number of carbonyl (C=O) groups is 4. The first-order valence-electron chi connectivity index (χ1n) is 11.0. The van der Waals surface area contributed by atoms with Crippen molar-refractivity contribution in [2.75, 3.05) is 5.75 Å². The summed E-state index contributed by atoms with van der Waals surface area (Å²) in [6.45, 7) is 7.29. The average molecular weight is 481 g/mol. The van der Waals surface area contributed by atoms with Crippen molar-refractivity contribution in [2.45, 2.75) is 64.7 Å². The molecule has 0 aliphatic rings. The van der Waals surface area contributed by atoms with Gasteiger partial charge in [0.1, 0.15) is 18.1 Å². The van der Waals surface area contributed by atoms with Gasteiger partial charge < -0.3 is 26.8 Å². The van der Waals surface area contributed by atoms with Gasteiger partial charge in [0.05, 0.1) is 6.04 Å². The molecule has 0 saturated heterocycles. The number of carboxylic acid groups (broad SMARTS) is 1. The molecule has 4 unspecified atom stereocenters. The minimum Gasteiger partial charge on any atom is -0.480 e. The van der Waals surface area contributed by atoms with E-state index in [0.717, 1.165) is 5.56 Å². The van der Waals surface area contributed by atoms with Gasteiger partial charge in [0, 0.05) is 12.2 Å². The van der Waals surface area contributed by atoms with Gasteiger partial charge in [0.25, 0.3) is 0 Å². The number of nitrogens with two attached hydrogens (primary N) is 1. The Morgan fingerprint density at radius 2 is 1.48 bits per heavy atom. The van der Waals surface area contributed by atoms with Crippen LogP contribution in [0.5, 0.6) is 0 Å². The molecule has 0 aliphatic heterocycles. The van der Waals surface area contributed by atoms with E-state index in [-0.39, 0.29) is 24.0 Å². The number of carbonyl (C=O) groups excluding carboxylic acids is 3. The van der Waals surface area contributed by atoms with Gasteiger partial charge in [-0.15, -0.1) is 0 Å². The molecule has 33 heavy (non-hydrogen) atoms. The summed E-state index contributed by atoms with van der Waals surface area (Å²) in [6, 6.07) is 5.06. The Labute approximate surface area is 200 Å². The third-order valence-corrected chi connectivity index (χ3v) is 5.41. The lowest BCUT2D eigenvalue weighted by Gasteiger charge is -2.27. The van der Waals surface area contributed by atoms with Crippen molar-refractivity contribution in [1.82, 2.24) is 16.0 Å². The zero-order chi connectivity index (χ0) is 25.1. The second kappa shape index (κ2) is 13.8. The monoisotopic (exact) mass is 480 g/mol. The third-order valence-electron chi connectivity index (χ3n) is 5.02. The fourth-order valence-electron chi connectivity index (χ4n) is 3.16. The maximum atomic E-state index is 13.0. The standard InChI is InChI=1S/C23H36N4O5S/c1-13(2)10-17(25-22(30)19(14(3)4)27-20(28)16(24)12-33)21(29)26-18(23(31)32)11-15-8-6-5-7-9-15/h5-9,13-14,16-19,33H,10-12,24H2,1-4H3,(H,25,30)(H,26,29)(H,27,28)(H,31,32). The molecule has 0 spiro atoms. The van der Waals surface area contributed by atoms with E-state index in [0.29, 0.717) is 6.42 Å². The molecule has 1 rings (SSSR count). The Morgan fingerprint density at radius 3 is 1.97 bits per heavy atom. The number of rotatable bonds is 13. The van der Waals surface area contributed by atoms with E-state index in [9.17, 15) is 24.3 Å². The highest BCUT2D eigenvalue weighted by Crippen LogP contribution is 2.10. The number of aliphatic carboxylic acids is 1. The van der Waals surface area contributed by atoms with Crippen LogP contribution in [0.2, 0.25) is 0 Å². The summed E-state index contributed by atoms with van der Waals surface area (Å²) >= 11 is 4.00. The topological polar surface area (TPSA) is 151 Å². The number of hydrogen-bond donors (Lipinski definition) is 6. The van der Waals surface area contributed by atoms with Crippen molar-refractivity contribution in [1.29, 1.82) is 0 Å². The molecule has 0 bridgehead atoms. The second-order valence-electron chi connectivity index (χ2n) is 8.80. The summed E-state index contributed by atoms with van der Waals surface area (Å²) in [7, 11) is 0. The normalized spacial score (nSPS) is 14.8. The molecule has 0 aliphatic carbocycles. The summed E-state index contributed by atoms with van der Waals surface area (Å²) < 4.78 is 0. The molecule has 10 heteroatoms. The van der Waals surface area contributed by atoms with E-state index in [1.807, 2.05) is 19.9 Å². The first-order valence-corrected chi connectivity index (χ1v) is 11.6. The molecule has 0 fully saturated rings. The van der Waals surface area contributed by atoms with Crippen LogP contribution < -0.4 is 21.7 Å². The minimum atomic E-state index is -1.17. The molecule has 9 nitrogen and oxygen atoms in total. The van der Waals surface area contributed by atoms with Crippen LogP contribution in [0, 0.1) is 11.8 Å². The molecule has 0 saturated carbocycles. The van der Waals surface area contributed by atoms with Gasteiger partial charge in [-0.1, -0.05) is 58.0 Å². The molecule has 0 heterocycles. The van der Waals surface area contributed by atoms with Gasteiger partial charge in [0.2, 0.25) is 17.7 Å². The molecule has 6 N–H and O–H groups in total. The lowest BCUT2D eigenvalue weighted by atomic mass is 9.99. The Bertz CT molecular complexity index is 803. The zero-order valence-corrected chi connectivity index (χ0v) is 20.5. The zero-order valence-electron chi connectivity index (χ0n) is 19.6. The summed E-state index contributed by atoms with van der Waals surface area (Å²) in [5, 5.41) is 17.4. The molecule has 4 atom stereocenters. The number of benzene rings is 1. The van der Waals surface area contributed by atoms with Crippen molar-refractivity contribution < 1.29 is 24.3 Å². The van der Waals surface area contributed by atoms with Crippen LogP contribution in [-0.4, -0.2) is 58.7 Å². The van der Waals surface area contributed by atoms with Crippen LogP contribution in [0.3, 0.4) is 0 Å². The van der Waals surface area contributed by atoms with Crippen LogP contribution in [-0.2, 0) is 25.6 Å². The van der Waals surface area contributed by atoms with Gasteiger partial charge >= 0.3 is 5.97 Å². The van der Waals surface area contributed by atoms with Gasteiger partial charge in [-0.3, -0.25) is 14.4 Å². The molecule has 0 radical (unpaired) electrons. The van der Waals surface area contributed by atoms with E-state index >= 15 is 0 Å². The number of hydrogen-bond acceptors (Lipinski definition) is 6. The Kier molecular flexibility index (Phi) is 11.9. The summed E-state index contributed by atoms with van der Waals surface area (Å²) in [4.78, 5) is 49.9. The number of nitrogens with one attached hydrogen (secondary N) is 3. The molecule has 184 valence electrons. The average Bonchev–Trinajstić information content (AvgIpc) is 2.75. The van der Waals surface area contributed by atoms with Gasteiger partial charge in [0.15, 0.2) is 0 Å². The minimum absolute atomic E-state index is 0.0446. The Balaban J connectivity index is 2.97. The number of carboxylic acids is 1. The Hall–Kier alpha value is -2.59. The molecule has 1 aromatic carbocycles. The van der Waals surface area contributed by atoms with E-state index in [4.69, 9.17) is 5.73 Å². The van der Waals surface area contributed by atoms with Crippen LogP contribution in [0.1, 0.15) is 39.7 Å². The molecule has 0 aromatic heterocycles. The van der Waals surface area contributed by atoms with E-state index < -0.39 is 47.9 Å². The number of amides is 3. The third kappa shape index (κ3) is 9.83. The smallest absolute Gasteiger partial charge is 0.326 e. The highest BCUT2D eigenvalue weighted by Gasteiger charge is 2.32. The van der Waals surface area contributed by atoms with Crippen LogP contribution in [0.4, 0.5) is 0 Å². The molecule has 3 amide bonds. The SMILES string of the molecule is CC(C)CC(NC(=O)C(NC(=O)C(N)CS)C(C)C)C(=O)NC(Cc1ccccc1)C(=O)O. The second-order valence-corrected chi connectivity index (χ2v) is 9.16. The fourth-order valence-corrected chi connectivity index (χ4v) is 3.33. The highest BCUT2D eigenvalue weighted by atomic mass is 32.1. The molecular weight excluding hydrogens is 444 g/mol. The maximum Gasteiger partial charge on any atom is 0.326 e. The molecule has 1 aromatic rings. The molecular formula is C23H36N4O5S.